The fourth-order valence-corrected chi connectivity index (χ4v) is 8.44. The molecule has 0 N–H and O–H groups in total. The highest BCUT2D eigenvalue weighted by Gasteiger charge is 2.23. The molecule has 0 saturated heterocycles. The summed E-state index contributed by atoms with van der Waals surface area (Å²) < 4.78 is 8.94. The Hall–Kier alpha value is -8.55. The molecule has 290 valence electrons. The molecular weight excluding hydrogens is 761 g/mol. The lowest BCUT2D eigenvalue weighted by Gasteiger charge is -2.11. The van der Waals surface area contributed by atoms with Gasteiger partial charge >= 0.3 is 0 Å². The van der Waals surface area contributed by atoms with Crippen LogP contribution in [0.3, 0.4) is 0 Å². The third-order valence-corrected chi connectivity index (χ3v) is 11.5. The highest BCUT2D eigenvalue weighted by molar-refractivity contribution is 6.17. The number of fused-ring (bicyclic) bond motifs is 6. The molecule has 12 rings (SSSR count). The van der Waals surface area contributed by atoms with Gasteiger partial charge in [-0.15, -0.1) is 0 Å². The van der Waals surface area contributed by atoms with Crippen molar-refractivity contribution >= 4 is 43.9 Å². The Balaban J connectivity index is 1.08. The molecular formula is C55H34N6O. The van der Waals surface area contributed by atoms with Crippen molar-refractivity contribution in [3.63, 3.8) is 0 Å². The predicted molar refractivity (Wildman–Crippen MR) is 250 cm³/mol. The van der Waals surface area contributed by atoms with Crippen LogP contribution in [-0.2, 0) is 0 Å². The van der Waals surface area contributed by atoms with Crippen molar-refractivity contribution in [2.45, 2.75) is 0 Å². The number of furan rings is 1. The zero-order valence-electron chi connectivity index (χ0n) is 33.2. The number of para-hydroxylation sites is 1. The fraction of sp³-hybridized carbons (Fsp3) is 0. The Morgan fingerprint density at radius 3 is 1.35 bits per heavy atom. The third-order valence-electron chi connectivity index (χ3n) is 11.5. The quantitative estimate of drug-likeness (QED) is 0.160. The van der Waals surface area contributed by atoms with Crippen LogP contribution in [-0.4, -0.2) is 29.5 Å². The molecule has 8 aromatic carbocycles. The van der Waals surface area contributed by atoms with E-state index in [1.807, 2.05) is 60.7 Å². The van der Waals surface area contributed by atoms with Crippen molar-refractivity contribution < 1.29 is 4.42 Å². The van der Waals surface area contributed by atoms with Crippen molar-refractivity contribution in [3.05, 3.63) is 206 Å². The fourth-order valence-electron chi connectivity index (χ4n) is 8.44. The minimum atomic E-state index is 0.502. The Morgan fingerprint density at radius 1 is 0.323 bits per heavy atom. The zero-order chi connectivity index (χ0) is 41.0. The van der Waals surface area contributed by atoms with E-state index in [9.17, 15) is 0 Å². The van der Waals surface area contributed by atoms with Crippen LogP contribution >= 0.6 is 0 Å². The first-order chi connectivity index (χ1) is 30.7. The molecule has 0 unspecified atom stereocenters. The first kappa shape index (κ1) is 35.4. The number of rotatable bonds is 7. The molecule has 0 fully saturated rings. The van der Waals surface area contributed by atoms with E-state index < -0.39 is 0 Å². The standard InChI is InChI=1S/C55H34N6O/c1-5-15-35(16-6-1)37-25-29-41(30-26-37)53-58-54(42-31-27-38(28-32-42)36-17-7-2-8-18-36)60-55(59-53)61-46-24-14-13-23-43(46)44-33-45-48(34-47(44)61)62-51-49(39-19-9-3-10-20-39)56-52(57-50(45)51)40-21-11-4-12-22-40/h1-34H. The van der Waals surface area contributed by atoms with E-state index in [2.05, 4.69) is 150 Å². The lowest BCUT2D eigenvalue weighted by atomic mass is 10.0. The van der Waals surface area contributed by atoms with Gasteiger partial charge in [0, 0.05) is 44.5 Å². The smallest absolute Gasteiger partial charge is 0.238 e. The number of benzene rings is 8. The summed E-state index contributed by atoms with van der Waals surface area (Å²) in [6, 6.07) is 70.5. The number of nitrogens with zero attached hydrogens (tertiary/aromatic N) is 6. The van der Waals surface area contributed by atoms with E-state index >= 15 is 0 Å². The summed E-state index contributed by atoms with van der Waals surface area (Å²) in [5, 5.41) is 2.99. The van der Waals surface area contributed by atoms with Crippen molar-refractivity contribution in [3.8, 4) is 73.6 Å². The van der Waals surface area contributed by atoms with Crippen LogP contribution in [0.5, 0.6) is 0 Å². The second-order valence-corrected chi connectivity index (χ2v) is 15.3. The van der Waals surface area contributed by atoms with E-state index in [4.69, 9.17) is 29.3 Å². The third kappa shape index (κ3) is 6.11. The highest BCUT2D eigenvalue weighted by atomic mass is 16.3. The molecule has 0 atom stereocenters. The average molecular weight is 795 g/mol. The monoisotopic (exact) mass is 794 g/mol. The van der Waals surface area contributed by atoms with E-state index in [-0.39, 0.29) is 0 Å². The molecule has 7 nitrogen and oxygen atoms in total. The molecule has 0 bridgehead atoms. The lowest BCUT2D eigenvalue weighted by molar-refractivity contribution is 0.667. The van der Waals surface area contributed by atoms with Gasteiger partial charge in [0.15, 0.2) is 23.1 Å². The Kier molecular flexibility index (Phi) is 8.35. The maximum absolute atomic E-state index is 6.81. The van der Waals surface area contributed by atoms with Gasteiger partial charge in [-0.25, -0.2) is 15.0 Å². The van der Waals surface area contributed by atoms with Crippen LogP contribution in [0.15, 0.2) is 211 Å². The molecule has 7 heteroatoms. The molecule has 0 amide bonds. The Bertz CT molecular complexity index is 3490. The van der Waals surface area contributed by atoms with E-state index in [1.54, 1.807) is 0 Å². The van der Waals surface area contributed by atoms with Crippen LogP contribution < -0.4 is 0 Å². The summed E-state index contributed by atoms with van der Waals surface area (Å²) in [6.45, 7) is 0. The van der Waals surface area contributed by atoms with E-state index in [1.165, 1.54) is 0 Å². The Morgan fingerprint density at radius 2 is 0.774 bits per heavy atom. The highest BCUT2D eigenvalue weighted by Crippen LogP contribution is 2.41. The minimum Gasteiger partial charge on any atom is -0.452 e. The summed E-state index contributed by atoms with van der Waals surface area (Å²) in [5.41, 5.74) is 12.9. The SMILES string of the molecule is c1ccc(-c2ccc(-c3nc(-c4ccc(-c5ccccc5)cc4)nc(-n4c5ccccc5c5cc6c(cc54)oc4c(-c5ccccc5)nc(-c5ccccc5)nc46)n3)cc2)cc1. The summed E-state index contributed by atoms with van der Waals surface area (Å²) in [6.07, 6.45) is 0. The van der Waals surface area contributed by atoms with Gasteiger partial charge in [0.1, 0.15) is 16.8 Å². The largest absolute Gasteiger partial charge is 0.452 e. The summed E-state index contributed by atoms with van der Waals surface area (Å²) >= 11 is 0. The normalized spacial score (nSPS) is 11.5. The minimum absolute atomic E-state index is 0.502. The first-order valence-corrected chi connectivity index (χ1v) is 20.6. The second kappa shape index (κ2) is 14.6. The zero-order valence-corrected chi connectivity index (χ0v) is 33.2. The van der Waals surface area contributed by atoms with Crippen LogP contribution in [0, 0.1) is 0 Å². The van der Waals surface area contributed by atoms with Crippen molar-refractivity contribution in [2.75, 3.05) is 0 Å². The molecule has 0 aliphatic rings. The average Bonchev–Trinajstić information content (AvgIpc) is 3.88. The van der Waals surface area contributed by atoms with E-state index in [0.717, 1.165) is 82.9 Å². The van der Waals surface area contributed by atoms with Gasteiger partial charge in [-0.05, 0) is 34.4 Å². The maximum Gasteiger partial charge on any atom is 0.238 e. The molecule has 4 aromatic heterocycles. The van der Waals surface area contributed by atoms with Crippen LogP contribution in [0.2, 0.25) is 0 Å². The molecule has 0 aliphatic carbocycles. The first-order valence-electron chi connectivity index (χ1n) is 20.6. The molecule has 62 heavy (non-hydrogen) atoms. The summed E-state index contributed by atoms with van der Waals surface area (Å²) in [4.78, 5) is 25.9. The Labute approximate surface area is 356 Å². The van der Waals surface area contributed by atoms with Crippen molar-refractivity contribution in [2.24, 2.45) is 0 Å². The van der Waals surface area contributed by atoms with Crippen molar-refractivity contribution in [1.82, 2.24) is 29.5 Å². The molecule has 0 aliphatic heterocycles. The maximum atomic E-state index is 6.81. The topological polar surface area (TPSA) is 82.5 Å². The summed E-state index contributed by atoms with van der Waals surface area (Å²) in [7, 11) is 0. The van der Waals surface area contributed by atoms with Gasteiger partial charge in [0.25, 0.3) is 0 Å². The van der Waals surface area contributed by atoms with Gasteiger partial charge in [0.2, 0.25) is 5.95 Å². The van der Waals surface area contributed by atoms with Crippen LogP contribution in [0.4, 0.5) is 0 Å². The van der Waals surface area contributed by atoms with Crippen LogP contribution in [0.25, 0.3) is 117 Å². The lowest BCUT2D eigenvalue weighted by Crippen LogP contribution is -2.06. The van der Waals surface area contributed by atoms with Gasteiger partial charge in [-0.1, -0.05) is 188 Å². The molecule has 0 radical (unpaired) electrons. The second-order valence-electron chi connectivity index (χ2n) is 15.3. The van der Waals surface area contributed by atoms with Gasteiger partial charge < -0.3 is 4.42 Å². The molecule has 12 aromatic rings. The van der Waals surface area contributed by atoms with Gasteiger partial charge in [-0.2, -0.15) is 9.97 Å². The molecule has 0 spiro atoms. The molecule has 4 heterocycles. The van der Waals surface area contributed by atoms with Crippen LogP contribution in [0.1, 0.15) is 0 Å². The predicted octanol–water partition coefficient (Wildman–Crippen LogP) is 13.7. The number of hydrogen-bond acceptors (Lipinski definition) is 6. The summed E-state index contributed by atoms with van der Waals surface area (Å²) in [5.74, 6) is 2.29. The van der Waals surface area contributed by atoms with Gasteiger partial charge in [-0.3, -0.25) is 4.57 Å². The van der Waals surface area contributed by atoms with E-state index in [0.29, 0.717) is 34.6 Å². The number of aromatic nitrogens is 6. The molecule has 0 saturated carbocycles. The number of hydrogen-bond donors (Lipinski definition) is 0. The van der Waals surface area contributed by atoms with Gasteiger partial charge in [0.05, 0.1) is 11.0 Å². The van der Waals surface area contributed by atoms with Crippen molar-refractivity contribution in [1.29, 1.82) is 0 Å².